The van der Waals surface area contributed by atoms with Gasteiger partial charge in [0.15, 0.2) is 0 Å². The monoisotopic (exact) mass is 493 g/mol. The van der Waals surface area contributed by atoms with Crippen molar-refractivity contribution in [1.29, 1.82) is 0 Å². The fourth-order valence-corrected chi connectivity index (χ4v) is 5.01. The molecule has 4 amide bonds. The molecule has 0 aliphatic carbocycles. The molecule has 0 spiro atoms. The number of fused-ring (bicyclic) bond motifs is 1. The second-order valence-corrected chi connectivity index (χ2v) is 9.20. The molecule has 9 nitrogen and oxygen atoms in total. The van der Waals surface area contributed by atoms with Crippen LogP contribution in [0.3, 0.4) is 0 Å². The fraction of sp³-hybridized carbons (Fsp3) is 0.167. The number of nitrogens with one attached hydrogen (secondary N) is 2. The third-order valence-corrected chi connectivity index (χ3v) is 7.02. The number of hydrogen-bond donors (Lipinski definition) is 2. The van der Waals surface area contributed by atoms with Gasteiger partial charge in [-0.1, -0.05) is 12.1 Å². The zero-order chi connectivity index (χ0) is 24.9. The van der Waals surface area contributed by atoms with Crippen LogP contribution in [0.5, 0.6) is 5.75 Å². The molecule has 0 bridgehead atoms. The number of aromatic nitrogens is 2. The standard InChI is InChI=1S/C24H20FN5O4S/c1-13-18-12-19(35-21(18)29(27-13)16-8-6-15(25)7-9-16)20(31)28-30-22(32)24(2,26-23(30)33)14-4-10-17(34-3)11-5-14/h4-12H,1-3H3,(H,26,33)(H,28,31). The first-order valence-corrected chi connectivity index (χ1v) is 11.4. The molecule has 1 aliphatic rings. The number of hydrogen-bond acceptors (Lipinski definition) is 6. The third kappa shape index (κ3) is 3.69. The van der Waals surface area contributed by atoms with Gasteiger partial charge >= 0.3 is 6.03 Å². The maximum atomic E-state index is 13.3. The minimum Gasteiger partial charge on any atom is -0.497 e. The second-order valence-electron chi connectivity index (χ2n) is 8.17. The highest BCUT2D eigenvalue weighted by molar-refractivity contribution is 7.20. The van der Waals surface area contributed by atoms with E-state index in [1.165, 1.54) is 19.2 Å². The van der Waals surface area contributed by atoms with Crippen molar-refractivity contribution in [1.82, 2.24) is 25.5 Å². The molecular formula is C24H20FN5O4S. The van der Waals surface area contributed by atoms with Crippen molar-refractivity contribution in [2.75, 3.05) is 7.11 Å². The number of carbonyl (C=O) groups is 3. The Kier molecular flexibility index (Phi) is 5.28. The fourth-order valence-electron chi connectivity index (χ4n) is 3.93. The van der Waals surface area contributed by atoms with Crippen LogP contribution in [0.1, 0.15) is 27.9 Å². The van der Waals surface area contributed by atoms with Crippen molar-refractivity contribution < 1.29 is 23.5 Å². The predicted octanol–water partition coefficient (Wildman–Crippen LogP) is 3.66. The number of thiophene rings is 1. The Balaban J connectivity index is 1.40. The van der Waals surface area contributed by atoms with Crippen LogP contribution in [-0.2, 0) is 10.3 Å². The lowest BCUT2D eigenvalue weighted by Crippen LogP contribution is -2.47. The van der Waals surface area contributed by atoms with E-state index in [1.807, 2.05) is 0 Å². The summed E-state index contributed by atoms with van der Waals surface area (Å²) >= 11 is 1.15. The molecule has 11 heteroatoms. The van der Waals surface area contributed by atoms with Gasteiger partial charge in [0.2, 0.25) is 0 Å². The van der Waals surface area contributed by atoms with E-state index in [9.17, 15) is 18.8 Å². The molecule has 1 unspecified atom stereocenters. The number of hydrazine groups is 1. The van der Waals surface area contributed by atoms with Crippen LogP contribution >= 0.6 is 11.3 Å². The van der Waals surface area contributed by atoms with Crippen LogP contribution in [0.15, 0.2) is 54.6 Å². The van der Waals surface area contributed by atoms with Crippen LogP contribution in [0, 0.1) is 12.7 Å². The minimum atomic E-state index is -1.35. The number of methoxy groups -OCH3 is 1. The van der Waals surface area contributed by atoms with Gasteiger partial charge in [-0.2, -0.15) is 10.1 Å². The van der Waals surface area contributed by atoms with Crippen molar-refractivity contribution >= 4 is 39.4 Å². The minimum absolute atomic E-state index is 0.287. The Morgan fingerprint density at radius 2 is 1.83 bits per heavy atom. The Morgan fingerprint density at radius 3 is 2.49 bits per heavy atom. The number of halogens is 1. The van der Waals surface area contributed by atoms with Crippen LogP contribution in [0.4, 0.5) is 9.18 Å². The van der Waals surface area contributed by atoms with Crippen LogP contribution in [-0.4, -0.2) is 39.7 Å². The van der Waals surface area contributed by atoms with Gasteiger partial charge < -0.3 is 10.1 Å². The van der Waals surface area contributed by atoms with Crippen molar-refractivity contribution in [3.8, 4) is 11.4 Å². The molecule has 1 atom stereocenters. The average Bonchev–Trinajstić information content (AvgIpc) is 3.48. The maximum absolute atomic E-state index is 13.3. The first-order chi connectivity index (χ1) is 16.7. The molecule has 4 aromatic rings. The second kappa shape index (κ2) is 8.20. The van der Waals surface area contributed by atoms with E-state index in [0.717, 1.165) is 16.7 Å². The van der Waals surface area contributed by atoms with Crippen molar-refractivity contribution in [2.24, 2.45) is 0 Å². The third-order valence-electron chi connectivity index (χ3n) is 5.91. The van der Waals surface area contributed by atoms with E-state index in [0.29, 0.717) is 32.5 Å². The summed E-state index contributed by atoms with van der Waals surface area (Å²) in [5, 5.41) is 8.56. The molecule has 5 rings (SSSR count). The molecule has 0 saturated carbocycles. The highest BCUT2D eigenvalue weighted by atomic mass is 32.1. The SMILES string of the molecule is COc1ccc(C2(C)NC(=O)N(NC(=O)c3cc4c(C)nn(-c5ccc(F)cc5)c4s3)C2=O)cc1. The van der Waals surface area contributed by atoms with E-state index in [-0.39, 0.29) is 10.7 Å². The van der Waals surface area contributed by atoms with E-state index < -0.39 is 23.4 Å². The molecule has 2 N–H and O–H groups in total. The van der Waals surface area contributed by atoms with Gasteiger partial charge in [0.25, 0.3) is 11.8 Å². The Hall–Kier alpha value is -4.25. The summed E-state index contributed by atoms with van der Waals surface area (Å²) in [5.74, 6) is -0.983. The molecule has 2 aromatic heterocycles. The first-order valence-electron chi connectivity index (χ1n) is 10.6. The van der Waals surface area contributed by atoms with Gasteiger partial charge in [-0.15, -0.1) is 11.3 Å². The van der Waals surface area contributed by atoms with Gasteiger partial charge in [0.1, 0.15) is 21.9 Å². The predicted molar refractivity (Wildman–Crippen MR) is 127 cm³/mol. The van der Waals surface area contributed by atoms with Crippen molar-refractivity contribution in [3.05, 3.63) is 76.5 Å². The molecule has 1 aliphatic heterocycles. The smallest absolute Gasteiger partial charge is 0.344 e. The summed E-state index contributed by atoms with van der Waals surface area (Å²) in [4.78, 5) is 39.8. The number of carbonyl (C=O) groups excluding carboxylic acids is 3. The first kappa shape index (κ1) is 22.5. The van der Waals surface area contributed by atoms with Gasteiger partial charge in [-0.25, -0.2) is 13.9 Å². The molecule has 0 radical (unpaired) electrons. The van der Waals surface area contributed by atoms with E-state index in [2.05, 4.69) is 15.8 Å². The van der Waals surface area contributed by atoms with E-state index in [4.69, 9.17) is 4.74 Å². The van der Waals surface area contributed by atoms with Gasteiger partial charge in [0, 0.05) is 5.39 Å². The molecule has 35 heavy (non-hydrogen) atoms. The van der Waals surface area contributed by atoms with Crippen LogP contribution in [0.25, 0.3) is 15.9 Å². The Bertz CT molecular complexity index is 1480. The number of amides is 4. The van der Waals surface area contributed by atoms with E-state index in [1.54, 1.807) is 61.0 Å². The number of aryl methyl sites for hydroxylation is 1. The van der Waals surface area contributed by atoms with Gasteiger partial charge in [-0.3, -0.25) is 15.0 Å². The summed E-state index contributed by atoms with van der Waals surface area (Å²) < 4.78 is 20.1. The number of nitrogens with zero attached hydrogens (tertiary/aromatic N) is 3. The maximum Gasteiger partial charge on any atom is 0.344 e. The summed E-state index contributed by atoms with van der Waals surface area (Å²) in [5.41, 5.74) is 2.94. The molecular weight excluding hydrogens is 473 g/mol. The molecule has 1 saturated heterocycles. The summed E-state index contributed by atoms with van der Waals surface area (Å²) in [6, 6.07) is 13.5. The van der Waals surface area contributed by atoms with Gasteiger partial charge in [0.05, 0.1) is 23.4 Å². The molecule has 178 valence electrons. The van der Waals surface area contributed by atoms with Crippen LogP contribution < -0.4 is 15.5 Å². The zero-order valence-corrected chi connectivity index (χ0v) is 19.8. The number of benzene rings is 2. The van der Waals surface area contributed by atoms with E-state index >= 15 is 0 Å². The lowest BCUT2D eigenvalue weighted by molar-refractivity contribution is -0.132. The lowest BCUT2D eigenvalue weighted by Gasteiger charge is -2.22. The average molecular weight is 494 g/mol. The lowest BCUT2D eigenvalue weighted by atomic mass is 9.92. The summed E-state index contributed by atoms with van der Waals surface area (Å²) in [6.07, 6.45) is 0. The molecule has 1 fully saturated rings. The number of urea groups is 1. The quantitative estimate of drug-likeness (QED) is 0.413. The number of imide groups is 1. The van der Waals surface area contributed by atoms with Crippen LogP contribution in [0.2, 0.25) is 0 Å². The van der Waals surface area contributed by atoms with Gasteiger partial charge in [-0.05, 0) is 61.9 Å². The van der Waals surface area contributed by atoms with Crippen molar-refractivity contribution in [3.63, 3.8) is 0 Å². The molecule has 3 heterocycles. The highest BCUT2D eigenvalue weighted by Crippen LogP contribution is 2.32. The topological polar surface area (TPSA) is 106 Å². The zero-order valence-electron chi connectivity index (χ0n) is 19.0. The normalized spacial score (nSPS) is 17.7. The number of ether oxygens (including phenoxy) is 1. The number of rotatable bonds is 5. The largest absolute Gasteiger partial charge is 0.497 e. The summed E-state index contributed by atoms with van der Waals surface area (Å²) in [7, 11) is 1.53. The highest BCUT2D eigenvalue weighted by Gasteiger charge is 2.50. The Labute approximate surface area is 203 Å². The molecule has 2 aromatic carbocycles. The summed E-state index contributed by atoms with van der Waals surface area (Å²) in [6.45, 7) is 3.37. The van der Waals surface area contributed by atoms with Crippen molar-refractivity contribution in [2.45, 2.75) is 19.4 Å². The Morgan fingerprint density at radius 1 is 1.14 bits per heavy atom.